The normalized spacial score (nSPS) is 16.0. The first-order valence-corrected chi connectivity index (χ1v) is 10.8. The second-order valence-electron chi connectivity index (χ2n) is 7.04. The predicted molar refractivity (Wildman–Crippen MR) is 107 cm³/mol. The third kappa shape index (κ3) is 3.83. The van der Waals surface area contributed by atoms with Crippen molar-refractivity contribution < 1.29 is 17.9 Å². The molecular formula is C20H23N3O4S. The van der Waals surface area contributed by atoms with Gasteiger partial charge in [0.2, 0.25) is 15.9 Å². The van der Waals surface area contributed by atoms with Crippen LogP contribution in [0.1, 0.15) is 18.4 Å². The number of carbonyl (C=O) groups is 1. The molecule has 0 unspecified atom stereocenters. The Morgan fingerprint density at radius 1 is 1.21 bits per heavy atom. The second kappa shape index (κ2) is 7.44. The summed E-state index contributed by atoms with van der Waals surface area (Å²) in [7, 11) is -2.07. The Kier molecular flexibility index (Phi) is 4.99. The fourth-order valence-electron chi connectivity index (χ4n) is 3.34. The maximum Gasteiger partial charge on any atom is 0.246 e. The lowest BCUT2D eigenvalue weighted by Gasteiger charge is -2.19. The number of hydrogen-bond donors (Lipinski definition) is 2. The highest BCUT2D eigenvalue weighted by Crippen LogP contribution is 2.30. The molecule has 1 aliphatic heterocycles. The van der Waals surface area contributed by atoms with Gasteiger partial charge in [-0.15, -0.1) is 0 Å². The van der Waals surface area contributed by atoms with Gasteiger partial charge in [0, 0.05) is 18.3 Å². The van der Waals surface area contributed by atoms with Crippen LogP contribution in [-0.2, 0) is 21.2 Å². The van der Waals surface area contributed by atoms with Gasteiger partial charge in [-0.1, -0.05) is 18.2 Å². The van der Waals surface area contributed by atoms with Crippen LogP contribution in [0.25, 0.3) is 0 Å². The average molecular weight is 401 g/mol. The first-order chi connectivity index (χ1) is 13.5. The fourth-order valence-corrected chi connectivity index (χ4v) is 4.68. The molecule has 1 heterocycles. The van der Waals surface area contributed by atoms with Crippen LogP contribution >= 0.6 is 0 Å². The van der Waals surface area contributed by atoms with E-state index in [0.29, 0.717) is 18.0 Å². The van der Waals surface area contributed by atoms with Crippen molar-refractivity contribution >= 4 is 27.3 Å². The number of anilines is 2. The molecule has 0 aromatic heterocycles. The van der Waals surface area contributed by atoms with E-state index in [1.165, 1.54) is 19.2 Å². The van der Waals surface area contributed by atoms with E-state index < -0.39 is 10.0 Å². The highest BCUT2D eigenvalue weighted by Gasteiger charge is 2.29. The first-order valence-electron chi connectivity index (χ1n) is 9.30. The number of nitrogens with one attached hydrogen (secondary N) is 2. The molecule has 0 bridgehead atoms. The molecule has 0 radical (unpaired) electrons. The molecule has 7 nitrogen and oxygen atoms in total. The van der Waals surface area contributed by atoms with E-state index in [1.54, 1.807) is 11.0 Å². The van der Waals surface area contributed by atoms with Gasteiger partial charge in [-0.05, 0) is 49.1 Å². The van der Waals surface area contributed by atoms with Crippen LogP contribution in [0.15, 0.2) is 47.4 Å². The molecule has 2 aromatic carbocycles. The van der Waals surface area contributed by atoms with Crippen LogP contribution in [-0.4, -0.2) is 40.6 Å². The number of sulfonamides is 1. The number of amides is 1. The zero-order valence-corrected chi connectivity index (χ0v) is 16.5. The van der Waals surface area contributed by atoms with Crippen molar-refractivity contribution in [1.29, 1.82) is 0 Å². The molecule has 1 saturated carbocycles. The van der Waals surface area contributed by atoms with Crippen LogP contribution in [0.5, 0.6) is 5.75 Å². The highest BCUT2D eigenvalue weighted by molar-refractivity contribution is 7.89. The number of nitrogens with zero attached hydrogens (tertiary/aromatic N) is 1. The number of ether oxygens (including phenoxy) is 1. The highest BCUT2D eigenvalue weighted by atomic mass is 32.2. The summed E-state index contributed by atoms with van der Waals surface area (Å²) in [5.74, 6) is 0.413. The summed E-state index contributed by atoms with van der Waals surface area (Å²) in [6.07, 6.45) is 2.57. The second-order valence-corrected chi connectivity index (χ2v) is 8.75. The fraction of sp³-hybridized carbons (Fsp3) is 0.350. The van der Waals surface area contributed by atoms with Gasteiger partial charge in [-0.2, -0.15) is 0 Å². The minimum absolute atomic E-state index is 0.0281. The van der Waals surface area contributed by atoms with Crippen molar-refractivity contribution in [3.05, 3.63) is 48.0 Å². The first kappa shape index (κ1) is 18.8. The van der Waals surface area contributed by atoms with E-state index >= 15 is 0 Å². The SMILES string of the molecule is COc1ccc(S(=O)(=O)NC2CC2)cc1NCC(=O)N1CCc2ccccc21. The van der Waals surface area contributed by atoms with Gasteiger partial charge in [-0.25, -0.2) is 13.1 Å². The number of fused-ring (bicyclic) bond motifs is 1. The number of benzene rings is 2. The maximum absolute atomic E-state index is 12.7. The number of para-hydroxylation sites is 1. The summed E-state index contributed by atoms with van der Waals surface area (Å²) >= 11 is 0. The molecule has 1 amide bonds. The van der Waals surface area contributed by atoms with Gasteiger partial charge in [0.15, 0.2) is 0 Å². The lowest BCUT2D eigenvalue weighted by atomic mass is 10.2. The van der Waals surface area contributed by atoms with E-state index in [4.69, 9.17) is 4.74 Å². The molecule has 4 rings (SSSR count). The maximum atomic E-state index is 12.7. The van der Waals surface area contributed by atoms with Gasteiger partial charge in [-0.3, -0.25) is 4.79 Å². The quantitative estimate of drug-likeness (QED) is 0.742. The molecule has 1 fully saturated rings. The Bertz CT molecular complexity index is 1000. The van der Waals surface area contributed by atoms with Crippen molar-refractivity contribution in [2.24, 2.45) is 0 Å². The summed E-state index contributed by atoms with van der Waals surface area (Å²) in [5, 5.41) is 3.04. The van der Waals surface area contributed by atoms with E-state index in [1.807, 2.05) is 24.3 Å². The van der Waals surface area contributed by atoms with Gasteiger partial charge in [0.25, 0.3) is 0 Å². The van der Waals surface area contributed by atoms with Crippen molar-refractivity contribution in [1.82, 2.24) is 4.72 Å². The summed E-state index contributed by atoms with van der Waals surface area (Å²) < 4.78 is 32.9. The molecule has 8 heteroatoms. The monoisotopic (exact) mass is 401 g/mol. The van der Waals surface area contributed by atoms with Gasteiger partial charge in [0.05, 0.1) is 24.2 Å². The molecule has 0 saturated heterocycles. The van der Waals surface area contributed by atoms with Crippen LogP contribution in [0.3, 0.4) is 0 Å². The van der Waals surface area contributed by atoms with Crippen LogP contribution in [0.2, 0.25) is 0 Å². The summed E-state index contributed by atoms with van der Waals surface area (Å²) in [6, 6.07) is 12.5. The van der Waals surface area contributed by atoms with E-state index in [0.717, 1.165) is 30.5 Å². The zero-order chi connectivity index (χ0) is 19.7. The molecule has 28 heavy (non-hydrogen) atoms. The van der Waals surface area contributed by atoms with Crippen LogP contribution < -0.4 is 19.7 Å². The Hall–Kier alpha value is -2.58. The molecule has 0 atom stereocenters. The van der Waals surface area contributed by atoms with Crippen LogP contribution in [0, 0.1) is 0 Å². The zero-order valence-electron chi connectivity index (χ0n) is 15.6. The third-order valence-corrected chi connectivity index (χ3v) is 6.52. The minimum Gasteiger partial charge on any atom is -0.495 e. The van der Waals surface area contributed by atoms with Crippen molar-refractivity contribution in [3.63, 3.8) is 0 Å². The number of methoxy groups -OCH3 is 1. The summed E-state index contributed by atoms with van der Waals surface area (Å²) in [6.45, 7) is 0.695. The van der Waals surface area contributed by atoms with Gasteiger partial charge < -0.3 is 15.0 Å². The van der Waals surface area contributed by atoms with E-state index in [9.17, 15) is 13.2 Å². The summed E-state index contributed by atoms with van der Waals surface area (Å²) in [5.41, 5.74) is 2.57. The Labute approximate surface area is 164 Å². The lowest BCUT2D eigenvalue weighted by molar-refractivity contribution is -0.116. The molecule has 2 N–H and O–H groups in total. The number of carbonyl (C=O) groups excluding carboxylic acids is 1. The Morgan fingerprint density at radius 2 is 2.00 bits per heavy atom. The topological polar surface area (TPSA) is 87.7 Å². The molecule has 2 aliphatic rings. The van der Waals surface area contributed by atoms with Gasteiger partial charge >= 0.3 is 0 Å². The standard InChI is InChI=1S/C20H23N3O4S/c1-27-19-9-8-16(28(25,26)22-15-6-7-15)12-17(19)21-13-20(24)23-11-10-14-4-2-3-5-18(14)23/h2-5,8-9,12,15,21-22H,6-7,10-11,13H2,1H3. The van der Waals surface area contributed by atoms with Crippen LogP contribution in [0.4, 0.5) is 11.4 Å². The van der Waals surface area contributed by atoms with Crippen molar-refractivity contribution in [3.8, 4) is 5.75 Å². The average Bonchev–Trinajstić information content (AvgIpc) is 3.39. The molecule has 1 aliphatic carbocycles. The predicted octanol–water partition coefficient (Wildman–Crippen LogP) is 2.14. The Morgan fingerprint density at radius 3 is 2.75 bits per heavy atom. The number of rotatable bonds is 7. The summed E-state index contributed by atoms with van der Waals surface area (Å²) in [4.78, 5) is 14.6. The van der Waals surface area contributed by atoms with E-state index in [-0.39, 0.29) is 23.4 Å². The smallest absolute Gasteiger partial charge is 0.246 e. The number of hydrogen-bond acceptors (Lipinski definition) is 5. The largest absolute Gasteiger partial charge is 0.495 e. The Balaban J connectivity index is 1.49. The lowest BCUT2D eigenvalue weighted by Crippen LogP contribution is -2.34. The molecular weight excluding hydrogens is 378 g/mol. The third-order valence-electron chi connectivity index (χ3n) is 5.00. The van der Waals surface area contributed by atoms with Crippen molar-refractivity contribution in [2.45, 2.75) is 30.2 Å². The van der Waals surface area contributed by atoms with Gasteiger partial charge in [0.1, 0.15) is 5.75 Å². The molecule has 2 aromatic rings. The van der Waals surface area contributed by atoms with Crippen molar-refractivity contribution in [2.75, 3.05) is 30.4 Å². The molecule has 0 spiro atoms. The molecule has 148 valence electrons. The minimum atomic E-state index is -3.58. The van der Waals surface area contributed by atoms with E-state index in [2.05, 4.69) is 10.0 Å².